The number of thiazole rings is 1. The van der Waals surface area contributed by atoms with Gasteiger partial charge in [-0.25, -0.2) is 4.98 Å². The highest BCUT2D eigenvalue weighted by atomic mass is 35.5. The second-order valence-electron chi connectivity index (χ2n) is 6.42. The molecule has 8 heteroatoms. The fourth-order valence-electron chi connectivity index (χ4n) is 3.09. The first-order chi connectivity index (χ1) is 13.1. The van der Waals surface area contributed by atoms with E-state index in [1.54, 1.807) is 12.3 Å². The molecule has 0 atom stereocenters. The number of fused-ring (bicyclic) bond motifs is 1. The van der Waals surface area contributed by atoms with Gasteiger partial charge >= 0.3 is 0 Å². The van der Waals surface area contributed by atoms with E-state index in [1.165, 1.54) is 22.5 Å². The molecule has 146 valence electrons. The normalized spacial score (nSPS) is 12.8. The van der Waals surface area contributed by atoms with Crippen LogP contribution in [0.15, 0.2) is 42.6 Å². The average Bonchev–Trinajstić information content (AvgIpc) is 3.11. The molecule has 0 bridgehead atoms. The minimum atomic E-state index is -0.133. The van der Waals surface area contributed by atoms with E-state index in [0.717, 1.165) is 30.0 Å². The first-order valence-corrected chi connectivity index (χ1v) is 10.2. The quantitative estimate of drug-likeness (QED) is 0.558. The van der Waals surface area contributed by atoms with Crippen molar-refractivity contribution >= 4 is 58.0 Å². The van der Waals surface area contributed by atoms with Gasteiger partial charge in [-0.2, -0.15) is 0 Å². The van der Waals surface area contributed by atoms with Crippen molar-refractivity contribution in [3.8, 4) is 0 Å². The molecule has 0 fully saturated rings. The smallest absolute Gasteiger partial charge is 0.257 e. The van der Waals surface area contributed by atoms with E-state index < -0.39 is 0 Å². The maximum atomic E-state index is 12.6. The van der Waals surface area contributed by atoms with Crippen LogP contribution < -0.4 is 10.6 Å². The Morgan fingerprint density at radius 2 is 2.00 bits per heavy atom. The summed E-state index contributed by atoms with van der Waals surface area (Å²) < 4.78 is 0. The summed E-state index contributed by atoms with van der Waals surface area (Å²) in [4.78, 5) is 17.9. The number of rotatable bonds is 4. The summed E-state index contributed by atoms with van der Waals surface area (Å²) in [5.74, 6) is -0.133. The number of nitrogens with one attached hydrogen (secondary N) is 2. The number of carbonyl (C=O) groups excluding carboxylic acids is 1. The van der Waals surface area contributed by atoms with Crippen LogP contribution in [0.1, 0.15) is 31.9 Å². The molecular formula is C20H18Cl3N3OS. The summed E-state index contributed by atoms with van der Waals surface area (Å²) in [6, 6.07) is 11.4. The Morgan fingerprint density at radius 1 is 1.14 bits per heavy atom. The van der Waals surface area contributed by atoms with E-state index in [0.29, 0.717) is 27.2 Å². The second-order valence-corrected chi connectivity index (χ2v) is 8.35. The third-order valence-electron chi connectivity index (χ3n) is 4.49. The molecule has 1 aliphatic heterocycles. The summed E-state index contributed by atoms with van der Waals surface area (Å²) >= 11 is 13.5. The molecule has 0 spiro atoms. The number of hydrogen-bond acceptors (Lipinski definition) is 4. The SMILES string of the molecule is Cl.O=C(Nc1ncc(Cc2ccc(Cl)c(Cl)c2)s1)c1ccc2c(c1)CCNC2. The van der Waals surface area contributed by atoms with E-state index >= 15 is 0 Å². The molecule has 0 saturated heterocycles. The number of halogens is 3. The van der Waals surface area contributed by atoms with Crippen LogP contribution in [-0.2, 0) is 19.4 Å². The van der Waals surface area contributed by atoms with Gasteiger partial charge in [-0.05, 0) is 53.9 Å². The summed E-state index contributed by atoms with van der Waals surface area (Å²) in [6.45, 7) is 1.81. The Labute approximate surface area is 183 Å². The Hall–Kier alpha value is -1.63. The summed E-state index contributed by atoms with van der Waals surface area (Å²) in [7, 11) is 0. The Bertz CT molecular complexity index is 1010. The zero-order valence-corrected chi connectivity index (χ0v) is 17.9. The molecule has 4 nitrogen and oxygen atoms in total. The average molecular weight is 455 g/mol. The maximum Gasteiger partial charge on any atom is 0.257 e. The largest absolute Gasteiger partial charge is 0.312 e. The Balaban J connectivity index is 0.00000225. The van der Waals surface area contributed by atoms with Gasteiger partial charge in [0, 0.05) is 29.6 Å². The molecule has 0 radical (unpaired) electrons. The van der Waals surface area contributed by atoms with Gasteiger partial charge in [-0.15, -0.1) is 23.7 Å². The van der Waals surface area contributed by atoms with Crippen LogP contribution in [0.4, 0.5) is 5.13 Å². The highest BCUT2D eigenvalue weighted by molar-refractivity contribution is 7.15. The lowest BCUT2D eigenvalue weighted by Crippen LogP contribution is -2.24. The lowest BCUT2D eigenvalue weighted by molar-refractivity contribution is 0.102. The van der Waals surface area contributed by atoms with Gasteiger partial charge in [0.15, 0.2) is 5.13 Å². The predicted molar refractivity (Wildman–Crippen MR) is 118 cm³/mol. The molecule has 3 aromatic rings. The minimum absolute atomic E-state index is 0. The van der Waals surface area contributed by atoms with Crippen LogP contribution in [-0.4, -0.2) is 17.4 Å². The van der Waals surface area contributed by atoms with Crippen molar-refractivity contribution in [3.63, 3.8) is 0 Å². The Kier molecular flexibility index (Phi) is 6.96. The first kappa shape index (κ1) is 21.1. The predicted octanol–water partition coefficient (Wildman–Crippen LogP) is 5.36. The van der Waals surface area contributed by atoms with Crippen LogP contribution in [0, 0.1) is 0 Å². The number of aromatic nitrogens is 1. The topological polar surface area (TPSA) is 54.0 Å². The number of anilines is 1. The molecule has 0 aliphatic carbocycles. The van der Waals surface area contributed by atoms with Crippen molar-refractivity contribution in [2.24, 2.45) is 0 Å². The van der Waals surface area contributed by atoms with E-state index in [-0.39, 0.29) is 18.3 Å². The zero-order chi connectivity index (χ0) is 18.8. The fraction of sp³-hybridized carbons (Fsp3) is 0.200. The number of carbonyl (C=O) groups is 1. The lowest BCUT2D eigenvalue weighted by atomic mass is 9.98. The highest BCUT2D eigenvalue weighted by Gasteiger charge is 2.14. The molecule has 2 N–H and O–H groups in total. The summed E-state index contributed by atoms with van der Waals surface area (Å²) in [5.41, 5.74) is 4.21. The molecule has 1 aliphatic rings. The first-order valence-electron chi connectivity index (χ1n) is 8.61. The van der Waals surface area contributed by atoms with Gasteiger partial charge in [0.05, 0.1) is 10.0 Å². The molecule has 1 amide bonds. The third kappa shape index (κ3) is 4.85. The number of nitrogens with zero attached hydrogens (tertiary/aromatic N) is 1. The van der Waals surface area contributed by atoms with Crippen LogP contribution >= 0.6 is 46.9 Å². The van der Waals surface area contributed by atoms with E-state index in [4.69, 9.17) is 23.2 Å². The van der Waals surface area contributed by atoms with Gasteiger partial charge in [-0.1, -0.05) is 35.3 Å². The standard InChI is InChI=1S/C20H17Cl2N3OS.ClH/c21-17-4-1-12(8-18(17)22)7-16-11-24-20(27-16)25-19(26)14-2-3-15-10-23-6-5-13(15)9-14;/h1-4,8-9,11,23H,5-7,10H2,(H,24,25,26);1H. The van der Waals surface area contributed by atoms with Crippen molar-refractivity contribution < 1.29 is 4.79 Å². The molecule has 28 heavy (non-hydrogen) atoms. The summed E-state index contributed by atoms with van der Waals surface area (Å²) in [6.07, 6.45) is 3.42. The molecule has 2 aromatic carbocycles. The van der Waals surface area contributed by atoms with Gasteiger partial charge in [0.25, 0.3) is 5.91 Å². The van der Waals surface area contributed by atoms with Crippen LogP contribution in [0.3, 0.4) is 0 Å². The molecule has 0 unspecified atom stereocenters. The van der Waals surface area contributed by atoms with Crippen LogP contribution in [0.2, 0.25) is 10.0 Å². The van der Waals surface area contributed by atoms with Gasteiger partial charge in [0.1, 0.15) is 0 Å². The minimum Gasteiger partial charge on any atom is -0.312 e. The van der Waals surface area contributed by atoms with Crippen molar-refractivity contribution in [1.82, 2.24) is 10.3 Å². The zero-order valence-electron chi connectivity index (χ0n) is 14.8. The maximum absolute atomic E-state index is 12.6. The second kappa shape index (κ2) is 9.25. The Morgan fingerprint density at radius 3 is 2.82 bits per heavy atom. The molecular weight excluding hydrogens is 437 g/mol. The van der Waals surface area contributed by atoms with Gasteiger partial charge in [-0.3, -0.25) is 10.1 Å². The molecule has 4 rings (SSSR count). The monoisotopic (exact) mass is 453 g/mol. The molecule has 0 saturated carbocycles. The van der Waals surface area contributed by atoms with E-state index in [9.17, 15) is 4.79 Å². The van der Waals surface area contributed by atoms with Gasteiger partial charge < -0.3 is 5.32 Å². The number of hydrogen-bond donors (Lipinski definition) is 2. The van der Waals surface area contributed by atoms with Gasteiger partial charge in [0.2, 0.25) is 0 Å². The summed E-state index contributed by atoms with van der Waals surface area (Å²) in [5, 5.41) is 7.90. The molecule has 2 heterocycles. The highest BCUT2D eigenvalue weighted by Crippen LogP contribution is 2.26. The van der Waals surface area contributed by atoms with Crippen LogP contribution in [0.5, 0.6) is 0 Å². The number of benzene rings is 2. The van der Waals surface area contributed by atoms with E-state index in [1.807, 2.05) is 30.3 Å². The van der Waals surface area contributed by atoms with Crippen molar-refractivity contribution in [3.05, 3.63) is 79.8 Å². The fourth-order valence-corrected chi connectivity index (χ4v) is 4.25. The number of amides is 1. The lowest BCUT2D eigenvalue weighted by Gasteiger charge is -2.17. The van der Waals surface area contributed by atoms with Crippen molar-refractivity contribution in [2.45, 2.75) is 19.4 Å². The third-order valence-corrected chi connectivity index (χ3v) is 6.14. The van der Waals surface area contributed by atoms with Crippen LogP contribution in [0.25, 0.3) is 0 Å². The van der Waals surface area contributed by atoms with E-state index in [2.05, 4.69) is 15.6 Å². The van der Waals surface area contributed by atoms with Crippen molar-refractivity contribution in [1.29, 1.82) is 0 Å². The van der Waals surface area contributed by atoms with Crippen molar-refractivity contribution in [2.75, 3.05) is 11.9 Å². The molecule has 1 aromatic heterocycles.